The average molecular weight is 518 g/mol. The molecule has 0 amide bonds. The second-order valence-corrected chi connectivity index (χ2v) is 7.16. The summed E-state index contributed by atoms with van der Waals surface area (Å²) in [5.74, 6) is -0.135. The Bertz CT molecular complexity index is 842. The minimum atomic E-state index is -5.69. The van der Waals surface area contributed by atoms with Gasteiger partial charge in [-0.2, -0.15) is 26.3 Å². The number of benzene rings is 2. The minimum Gasteiger partial charge on any atom is -0.507 e. The summed E-state index contributed by atoms with van der Waals surface area (Å²) in [4.78, 5) is 0. The van der Waals surface area contributed by atoms with Gasteiger partial charge < -0.3 is 8.17 Å². The quantitative estimate of drug-likeness (QED) is 0.359. The molecular weight excluding hydrogens is 501 g/mol. The van der Waals surface area contributed by atoms with Crippen LogP contribution in [0.15, 0.2) is 24.3 Å². The van der Waals surface area contributed by atoms with E-state index in [1.807, 2.05) is 0 Å². The number of aryl methyl sites for hydroxylation is 4. The standard InChI is InChI=1S/C19H17F6IO2/c1-9-5-13(6-10(2)15(9)27)17(18(20,21)22,19(23,24)25)14-7-11(3)16(28-26)12(4)8-14/h5-8,27H,1-4H3. The number of rotatable bonds is 3. The van der Waals surface area contributed by atoms with Crippen molar-refractivity contribution < 1.29 is 34.5 Å². The van der Waals surface area contributed by atoms with Gasteiger partial charge in [-0.15, -0.1) is 0 Å². The van der Waals surface area contributed by atoms with Crippen LogP contribution in [0.5, 0.6) is 11.5 Å². The molecule has 0 fully saturated rings. The number of halogens is 7. The van der Waals surface area contributed by atoms with Crippen molar-refractivity contribution in [2.45, 2.75) is 45.5 Å². The van der Waals surface area contributed by atoms with Crippen molar-refractivity contribution in [3.05, 3.63) is 57.6 Å². The van der Waals surface area contributed by atoms with Crippen LogP contribution in [0.25, 0.3) is 0 Å². The number of phenols is 1. The number of aromatic hydroxyl groups is 1. The highest BCUT2D eigenvalue weighted by Gasteiger charge is 2.72. The van der Waals surface area contributed by atoms with E-state index in [0.29, 0.717) is 0 Å². The predicted molar refractivity (Wildman–Crippen MR) is 101 cm³/mol. The molecule has 0 saturated carbocycles. The van der Waals surface area contributed by atoms with Gasteiger partial charge in [-0.3, -0.25) is 0 Å². The van der Waals surface area contributed by atoms with Crippen molar-refractivity contribution >= 4 is 23.0 Å². The van der Waals surface area contributed by atoms with Gasteiger partial charge >= 0.3 is 12.4 Å². The Balaban J connectivity index is 3.05. The van der Waals surface area contributed by atoms with Crippen LogP contribution in [0.1, 0.15) is 33.4 Å². The zero-order valence-electron chi connectivity index (χ0n) is 15.3. The van der Waals surface area contributed by atoms with E-state index in [1.54, 1.807) is 0 Å². The minimum absolute atomic E-state index is 0.0754. The van der Waals surface area contributed by atoms with E-state index in [2.05, 4.69) is 0 Å². The Morgan fingerprint density at radius 2 is 1.04 bits per heavy atom. The first-order valence-corrected chi connectivity index (χ1v) is 8.91. The molecule has 0 radical (unpaired) electrons. The van der Waals surface area contributed by atoms with Gasteiger partial charge in [0.2, 0.25) is 5.41 Å². The lowest BCUT2D eigenvalue weighted by Gasteiger charge is -2.39. The second kappa shape index (κ2) is 7.31. The maximum atomic E-state index is 14.2. The van der Waals surface area contributed by atoms with Gasteiger partial charge in [-0.25, -0.2) is 0 Å². The number of phenolic OH excluding ortho intramolecular Hbond substituents is 1. The van der Waals surface area contributed by atoms with Crippen molar-refractivity contribution in [3.8, 4) is 11.5 Å². The second-order valence-electron chi connectivity index (χ2n) is 6.72. The molecule has 0 bridgehead atoms. The molecule has 0 unspecified atom stereocenters. The topological polar surface area (TPSA) is 29.5 Å². The molecule has 0 aliphatic carbocycles. The highest BCUT2D eigenvalue weighted by atomic mass is 127. The molecule has 154 valence electrons. The number of hydrogen-bond acceptors (Lipinski definition) is 2. The average Bonchev–Trinajstić information content (AvgIpc) is 2.50. The van der Waals surface area contributed by atoms with Crippen molar-refractivity contribution in [3.63, 3.8) is 0 Å². The third-order valence-corrected chi connectivity index (χ3v) is 5.19. The van der Waals surface area contributed by atoms with E-state index in [9.17, 15) is 31.4 Å². The van der Waals surface area contributed by atoms with E-state index in [0.717, 1.165) is 24.3 Å². The Morgan fingerprint density at radius 1 is 0.714 bits per heavy atom. The third kappa shape index (κ3) is 3.42. The van der Waals surface area contributed by atoms with Crippen LogP contribution in [0.4, 0.5) is 26.3 Å². The zero-order valence-corrected chi connectivity index (χ0v) is 17.5. The summed E-state index contributed by atoms with van der Waals surface area (Å²) >= 11 is 1.52. The molecule has 0 aliphatic heterocycles. The van der Waals surface area contributed by atoms with E-state index in [-0.39, 0.29) is 33.8 Å². The van der Waals surface area contributed by atoms with E-state index in [1.165, 1.54) is 50.7 Å². The third-order valence-electron chi connectivity index (χ3n) is 4.74. The highest BCUT2D eigenvalue weighted by molar-refractivity contribution is 14.1. The Hall–Kier alpha value is -1.65. The van der Waals surface area contributed by atoms with Crippen LogP contribution in [-0.2, 0) is 5.41 Å². The molecule has 0 saturated heterocycles. The first-order chi connectivity index (χ1) is 12.7. The summed E-state index contributed by atoms with van der Waals surface area (Å²) < 4.78 is 90.5. The van der Waals surface area contributed by atoms with Gasteiger partial charge in [0.1, 0.15) is 11.5 Å². The van der Waals surface area contributed by atoms with Crippen molar-refractivity contribution in [2.75, 3.05) is 0 Å². The molecule has 0 atom stereocenters. The Labute approximate surface area is 172 Å². The van der Waals surface area contributed by atoms with Crippen molar-refractivity contribution in [1.29, 1.82) is 0 Å². The summed E-state index contributed by atoms with van der Waals surface area (Å²) in [5, 5.41) is 9.85. The molecule has 2 aromatic carbocycles. The summed E-state index contributed by atoms with van der Waals surface area (Å²) in [7, 11) is 0. The largest absolute Gasteiger partial charge is 0.507 e. The Morgan fingerprint density at radius 3 is 1.32 bits per heavy atom. The number of alkyl halides is 6. The van der Waals surface area contributed by atoms with Gasteiger partial charge in [-0.05, 0) is 61.1 Å². The van der Waals surface area contributed by atoms with Crippen molar-refractivity contribution in [2.24, 2.45) is 0 Å². The molecule has 0 spiro atoms. The molecule has 28 heavy (non-hydrogen) atoms. The lowest BCUT2D eigenvalue weighted by atomic mass is 9.71. The smallest absolute Gasteiger partial charge is 0.411 e. The first kappa shape index (κ1) is 22.6. The van der Waals surface area contributed by atoms with Crippen LogP contribution < -0.4 is 3.07 Å². The molecule has 2 nitrogen and oxygen atoms in total. The van der Waals surface area contributed by atoms with Gasteiger partial charge in [0, 0.05) is 0 Å². The van der Waals surface area contributed by atoms with Crippen LogP contribution in [-0.4, -0.2) is 17.5 Å². The van der Waals surface area contributed by atoms with Crippen LogP contribution in [0.3, 0.4) is 0 Å². The van der Waals surface area contributed by atoms with Crippen LogP contribution in [0.2, 0.25) is 0 Å². The van der Waals surface area contributed by atoms with Crippen LogP contribution >= 0.6 is 23.0 Å². The monoisotopic (exact) mass is 518 g/mol. The molecule has 2 rings (SSSR count). The highest BCUT2D eigenvalue weighted by Crippen LogP contribution is 2.57. The fraction of sp³-hybridized carbons (Fsp3) is 0.368. The summed E-state index contributed by atoms with van der Waals surface area (Å²) in [5.41, 5.74) is -6.07. The maximum Gasteiger partial charge on any atom is 0.411 e. The molecule has 0 aromatic heterocycles. The SMILES string of the molecule is Cc1cc(C(c2cc(C)c(OI)c(C)c2)(C(F)(F)F)C(F)(F)F)cc(C)c1O. The first-order valence-electron chi connectivity index (χ1n) is 8.03. The van der Waals surface area contributed by atoms with Gasteiger partial charge in [-0.1, -0.05) is 24.3 Å². The van der Waals surface area contributed by atoms with Gasteiger partial charge in [0.05, 0.1) is 0 Å². The molecule has 9 heteroatoms. The summed E-state index contributed by atoms with van der Waals surface area (Å²) in [6.07, 6.45) is -11.4. The molecule has 0 aliphatic rings. The fourth-order valence-electron chi connectivity index (χ4n) is 3.44. The predicted octanol–water partition coefficient (Wildman–Crippen LogP) is 6.77. The maximum absolute atomic E-state index is 14.2. The van der Waals surface area contributed by atoms with E-state index in [4.69, 9.17) is 3.07 Å². The lowest BCUT2D eigenvalue weighted by Crippen LogP contribution is -2.55. The van der Waals surface area contributed by atoms with E-state index >= 15 is 0 Å². The zero-order chi connectivity index (χ0) is 21.7. The Kier molecular flexibility index (Phi) is 5.91. The molecule has 0 heterocycles. The molecule has 1 N–H and O–H groups in total. The fourth-order valence-corrected chi connectivity index (χ4v) is 4.14. The molecule has 2 aromatic rings. The summed E-state index contributed by atoms with van der Waals surface area (Å²) in [6, 6.07) is 3.16. The summed E-state index contributed by atoms with van der Waals surface area (Å²) in [6.45, 7) is 5.28. The normalized spacial score (nSPS) is 13.0. The van der Waals surface area contributed by atoms with Gasteiger partial charge in [0.15, 0.2) is 23.0 Å². The molecular formula is C19H17F6IO2. The number of hydrogen-bond donors (Lipinski definition) is 1. The van der Waals surface area contributed by atoms with E-state index < -0.39 is 28.9 Å². The van der Waals surface area contributed by atoms with Crippen LogP contribution in [0, 0.1) is 27.7 Å². The van der Waals surface area contributed by atoms with Crippen molar-refractivity contribution in [1.82, 2.24) is 0 Å². The van der Waals surface area contributed by atoms with Gasteiger partial charge in [0.25, 0.3) is 0 Å². The lowest BCUT2D eigenvalue weighted by molar-refractivity contribution is -0.288.